The highest BCUT2D eigenvalue weighted by Gasteiger charge is 2.31. The number of amides is 1. The zero-order valence-corrected chi connectivity index (χ0v) is 8.56. The maximum atomic E-state index is 12.9. The van der Waals surface area contributed by atoms with Gasteiger partial charge in [-0.2, -0.15) is 0 Å². The maximum Gasteiger partial charge on any atom is 0.257 e. The van der Waals surface area contributed by atoms with Gasteiger partial charge in [0.25, 0.3) is 5.91 Å². The Balaban J connectivity index is 2.13. The molecule has 1 aliphatic heterocycles. The molecule has 1 fully saturated rings. The van der Waals surface area contributed by atoms with Gasteiger partial charge in [-0.05, 0) is 18.2 Å². The summed E-state index contributed by atoms with van der Waals surface area (Å²) in [5.41, 5.74) is -0.0311. The van der Waals surface area contributed by atoms with E-state index in [1.165, 1.54) is 4.90 Å². The molecule has 5 heteroatoms. The number of phenols is 1. The molecule has 1 saturated heterocycles. The summed E-state index contributed by atoms with van der Waals surface area (Å²) in [7, 11) is 0. The molecule has 1 aromatic rings. The standard InChI is InChI=1S/C11H12FNO3/c12-8-1-2-10(15)9(3-8)11(16)13-4-7(5-13)6-14/h1-3,7,14-15H,4-6H2. The van der Waals surface area contributed by atoms with Crippen LogP contribution >= 0.6 is 0 Å². The minimum atomic E-state index is -0.555. The van der Waals surface area contributed by atoms with Crippen LogP contribution in [0, 0.1) is 11.7 Å². The number of carbonyl (C=O) groups excluding carboxylic acids is 1. The fraction of sp³-hybridized carbons (Fsp3) is 0.364. The van der Waals surface area contributed by atoms with Gasteiger partial charge in [-0.1, -0.05) is 0 Å². The molecule has 4 nitrogen and oxygen atoms in total. The number of likely N-dealkylation sites (tertiary alicyclic amines) is 1. The van der Waals surface area contributed by atoms with Crippen molar-refractivity contribution in [3.05, 3.63) is 29.6 Å². The molecule has 16 heavy (non-hydrogen) atoms. The third kappa shape index (κ3) is 1.86. The Morgan fingerprint density at radius 3 is 2.81 bits per heavy atom. The van der Waals surface area contributed by atoms with Gasteiger partial charge < -0.3 is 15.1 Å². The number of benzene rings is 1. The first kappa shape index (κ1) is 10.9. The van der Waals surface area contributed by atoms with E-state index in [0.29, 0.717) is 13.1 Å². The van der Waals surface area contributed by atoms with Crippen molar-refractivity contribution in [1.82, 2.24) is 4.90 Å². The molecule has 0 radical (unpaired) electrons. The average molecular weight is 225 g/mol. The second-order valence-electron chi connectivity index (χ2n) is 3.92. The zero-order valence-electron chi connectivity index (χ0n) is 8.56. The Morgan fingerprint density at radius 1 is 1.50 bits per heavy atom. The van der Waals surface area contributed by atoms with Gasteiger partial charge in [0.15, 0.2) is 0 Å². The Kier molecular flexibility index (Phi) is 2.78. The summed E-state index contributed by atoms with van der Waals surface area (Å²) in [5.74, 6) is -1.08. The molecular formula is C11H12FNO3. The summed E-state index contributed by atoms with van der Waals surface area (Å²) >= 11 is 0. The summed E-state index contributed by atoms with van der Waals surface area (Å²) in [6.45, 7) is 0.940. The highest BCUT2D eigenvalue weighted by molar-refractivity contribution is 5.97. The Labute approximate surface area is 91.9 Å². The third-order valence-corrected chi connectivity index (χ3v) is 2.69. The highest BCUT2D eigenvalue weighted by atomic mass is 19.1. The fourth-order valence-corrected chi connectivity index (χ4v) is 1.70. The maximum absolute atomic E-state index is 12.9. The van der Waals surface area contributed by atoms with Crippen molar-refractivity contribution in [2.45, 2.75) is 0 Å². The number of hydrogen-bond donors (Lipinski definition) is 2. The van der Waals surface area contributed by atoms with Gasteiger partial charge in [-0.15, -0.1) is 0 Å². The predicted octanol–water partition coefficient (Wildman–Crippen LogP) is 0.596. The van der Waals surface area contributed by atoms with E-state index in [-0.39, 0.29) is 23.8 Å². The third-order valence-electron chi connectivity index (χ3n) is 2.69. The summed E-state index contributed by atoms with van der Waals surface area (Å²) < 4.78 is 12.9. The van der Waals surface area contributed by atoms with E-state index in [4.69, 9.17) is 5.11 Å². The van der Waals surface area contributed by atoms with Crippen molar-refractivity contribution >= 4 is 5.91 Å². The van der Waals surface area contributed by atoms with Gasteiger partial charge in [-0.3, -0.25) is 4.79 Å². The van der Waals surface area contributed by atoms with E-state index in [2.05, 4.69) is 0 Å². The van der Waals surface area contributed by atoms with Crippen LogP contribution in [0.15, 0.2) is 18.2 Å². The second-order valence-corrected chi connectivity index (χ2v) is 3.92. The Morgan fingerprint density at radius 2 is 2.19 bits per heavy atom. The topological polar surface area (TPSA) is 60.8 Å². The molecular weight excluding hydrogens is 213 g/mol. The molecule has 0 unspecified atom stereocenters. The second kappa shape index (κ2) is 4.09. The molecule has 0 aromatic heterocycles. The molecule has 1 heterocycles. The summed E-state index contributed by atoms with van der Waals surface area (Å²) in [5, 5.41) is 18.2. The SMILES string of the molecule is O=C(c1cc(F)ccc1O)N1CC(CO)C1. The van der Waals surface area contributed by atoms with Gasteiger partial charge in [0.2, 0.25) is 0 Å². The lowest BCUT2D eigenvalue weighted by Crippen LogP contribution is -2.51. The molecule has 1 aromatic carbocycles. The van der Waals surface area contributed by atoms with E-state index in [0.717, 1.165) is 18.2 Å². The van der Waals surface area contributed by atoms with E-state index < -0.39 is 11.7 Å². The highest BCUT2D eigenvalue weighted by Crippen LogP contribution is 2.24. The van der Waals surface area contributed by atoms with Crippen LogP contribution in [0.4, 0.5) is 4.39 Å². The number of aliphatic hydroxyl groups excluding tert-OH is 1. The van der Waals surface area contributed by atoms with Crippen molar-refractivity contribution < 1.29 is 19.4 Å². The van der Waals surface area contributed by atoms with Crippen molar-refractivity contribution in [3.8, 4) is 5.75 Å². The van der Waals surface area contributed by atoms with Crippen LogP contribution in [0.3, 0.4) is 0 Å². The average Bonchev–Trinajstić information content (AvgIpc) is 2.20. The van der Waals surface area contributed by atoms with Crippen LogP contribution in [-0.2, 0) is 0 Å². The summed E-state index contributed by atoms with van der Waals surface area (Å²) in [6.07, 6.45) is 0. The van der Waals surface area contributed by atoms with Gasteiger partial charge in [0, 0.05) is 25.6 Å². The van der Waals surface area contributed by atoms with Gasteiger partial charge >= 0.3 is 0 Å². The van der Waals surface area contributed by atoms with Crippen molar-refractivity contribution in [1.29, 1.82) is 0 Å². The first-order valence-corrected chi connectivity index (χ1v) is 5.00. The van der Waals surface area contributed by atoms with Crippen LogP contribution in [0.2, 0.25) is 0 Å². The monoisotopic (exact) mass is 225 g/mol. The smallest absolute Gasteiger partial charge is 0.257 e. The number of aliphatic hydroxyl groups is 1. The first-order chi connectivity index (χ1) is 7.61. The van der Waals surface area contributed by atoms with Crippen LogP contribution in [0.1, 0.15) is 10.4 Å². The lowest BCUT2D eigenvalue weighted by atomic mass is 10.00. The van der Waals surface area contributed by atoms with Crippen LogP contribution in [0.25, 0.3) is 0 Å². The molecule has 1 amide bonds. The summed E-state index contributed by atoms with van der Waals surface area (Å²) in [4.78, 5) is 13.2. The molecule has 0 atom stereocenters. The number of rotatable bonds is 2. The minimum absolute atomic E-state index is 0.0311. The van der Waals surface area contributed by atoms with Gasteiger partial charge in [0.05, 0.1) is 5.56 Å². The fourth-order valence-electron chi connectivity index (χ4n) is 1.70. The number of aromatic hydroxyl groups is 1. The number of phenolic OH excluding ortho intramolecular Hbond substituents is 1. The Bertz CT molecular complexity index is 416. The number of hydrogen-bond acceptors (Lipinski definition) is 3. The zero-order chi connectivity index (χ0) is 11.7. The molecule has 1 aliphatic rings. The molecule has 0 aliphatic carbocycles. The first-order valence-electron chi connectivity index (χ1n) is 5.00. The van der Waals surface area contributed by atoms with Crippen molar-refractivity contribution in [3.63, 3.8) is 0 Å². The minimum Gasteiger partial charge on any atom is -0.507 e. The summed E-state index contributed by atoms with van der Waals surface area (Å²) in [6, 6.07) is 3.27. The molecule has 0 spiro atoms. The molecule has 0 saturated carbocycles. The number of carbonyl (C=O) groups is 1. The van der Waals surface area contributed by atoms with Gasteiger partial charge in [0.1, 0.15) is 11.6 Å². The van der Waals surface area contributed by atoms with E-state index >= 15 is 0 Å². The van der Waals surface area contributed by atoms with Crippen LogP contribution in [-0.4, -0.2) is 40.7 Å². The Hall–Kier alpha value is -1.62. The lowest BCUT2D eigenvalue weighted by molar-refractivity contribution is 0.0359. The van der Waals surface area contributed by atoms with E-state index in [1.54, 1.807) is 0 Å². The van der Waals surface area contributed by atoms with Crippen LogP contribution in [0.5, 0.6) is 5.75 Å². The molecule has 2 N–H and O–H groups in total. The van der Waals surface area contributed by atoms with E-state index in [9.17, 15) is 14.3 Å². The van der Waals surface area contributed by atoms with Crippen molar-refractivity contribution in [2.75, 3.05) is 19.7 Å². The largest absolute Gasteiger partial charge is 0.507 e. The quantitative estimate of drug-likeness (QED) is 0.774. The molecule has 0 bridgehead atoms. The predicted molar refractivity (Wildman–Crippen MR) is 54.5 cm³/mol. The number of halogens is 1. The molecule has 2 rings (SSSR count). The van der Waals surface area contributed by atoms with Crippen molar-refractivity contribution in [2.24, 2.45) is 5.92 Å². The lowest BCUT2D eigenvalue weighted by Gasteiger charge is -2.38. The number of nitrogens with zero attached hydrogens (tertiary/aromatic N) is 1. The van der Waals surface area contributed by atoms with Crippen LogP contribution < -0.4 is 0 Å². The molecule has 86 valence electrons. The van der Waals surface area contributed by atoms with E-state index in [1.807, 2.05) is 0 Å². The normalized spacial score (nSPS) is 16.0. The van der Waals surface area contributed by atoms with Gasteiger partial charge in [-0.25, -0.2) is 4.39 Å².